The van der Waals surface area contributed by atoms with Gasteiger partial charge in [-0.15, -0.1) is 0 Å². The Bertz CT molecular complexity index is 1340. The third-order valence-corrected chi connectivity index (χ3v) is 6.79. The molecule has 0 aliphatic heterocycles. The second kappa shape index (κ2) is 7.72. The molecule has 0 unspecified atom stereocenters. The number of methoxy groups -OCH3 is 1. The maximum absolute atomic E-state index is 13.6. The second-order valence-electron chi connectivity index (χ2n) is 6.89. The van der Waals surface area contributed by atoms with E-state index in [-0.39, 0.29) is 15.4 Å². The molecule has 0 amide bonds. The van der Waals surface area contributed by atoms with Crippen molar-refractivity contribution in [2.75, 3.05) is 7.11 Å². The van der Waals surface area contributed by atoms with Crippen LogP contribution < -0.4 is 4.74 Å². The predicted octanol–water partition coefficient (Wildman–Crippen LogP) is 4.62. The number of aryl methyl sites for hydroxylation is 1. The molecule has 4 rings (SSSR count). The van der Waals surface area contributed by atoms with Crippen molar-refractivity contribution in [2.24, 2.45) is 0 Å². The van der Waals surface area contributed by atoms with Crippen molar-refractivity contribution in [2.45, 2.75) is 16.7 Å². The summed E-state index contributed by atoms with van der Waals surface area (Å²) in [7, 11) is -2.43. The van der Waals surface area contributed by atoms with Gasteiger partial charge in [-0.2, -0.15) is 0 Å². The van der Waals surface area contributed by atoms with Gasteiger partial charge in [0.05, 0.1) is 28.0 Å². The van der Waals surface area contributed by atoms with Crippen LogP contribution in [0.15, 0.2) is 88.8 Å². The molecule has 0 fully saturated rings. The minimum absolute atomic E-state index is 0.0298. The third kappa shape index (κ3) is 3.46. The SMILES string of the molecule is COc1ccc(C(=O)c2cnc3ccccc3c2S(=O)(=O)c2ccc(C)cc2)cc1. The van der Waals surface area contributed by atoms with E-state index in [0.717, 1.165) is 5.56 Å². The lowest BCUT2D eigenvalue weighted by Gasteiger charge is -2.13. The number of carbonyl (C=O) groups is 1. The molecule has 30 heavy (non-hydrogen) atoms. The Hall–Kier alpha value is -3.51. The van der Waals surface area contributed by atoms with Crippen LogP contribution in [0, 0.1) is 6.92 Å². The topological polar surface area (TPSA) is 73.3 Å². The van der Waals surface area contributed by atoms with Crippen LogP contribution in [0.2, 0.25) is 0 Å². The van der Waals surface area contributed by atoms with Gasteiger partial charge in [-0.3, -0.25) is 9.78 Å². The zero-order valence-corrected chi connectivity index (χ0v) is 17.3. The first-order valence-electron chi connectivity index (χ1n) is 9.30. The first kappa shape index (κ1) is 19.8. The summed E-state index contributed by atoms with van der Waals surface area (Å²) >= 11 is 0. The number of aromatic nitrogens is 1. The fourth-order valence-corrected chi connectivity index (χ4v) is 4.93. The minimum Gasteiger partial charge on any atom is -0.497 e. The Balaban J connectivity index is 1.97. The number of pyridine rings is 1. The van der Waals surface area contributed by atoms with Crippen LogP contribution in [0.5, 0.6) is 5.75 Å². The van der Waals surface area contributed by atoms with Crippen LogP contribution in [-0.4, -0.2) is 26.3 Å². The Morgan fingerprint density at radius 3 is 2.23 bits per heavy atom. The Labute approximate surface area is 174 Å². The summed E-state index contributed by atoms with van der Waals surface area (Å²) < 4.78 is 32.4. The van der Waals surface area contributed by atoms with Crippen LogP contribution in [0.25, 0.3) is 10.9 Å². The largest absolute Gasteiger partial charge is 0.497 e. The zero-order valence-electron chi connectivity index (χ0n) is 16.5. The number of carbonyl (C=O) groups excluding carboxylic acids is 1. The van der Waals surface area contributed by atoms with Crippen molar-refractivity contribution in [1.29, 1.82) is 0 Å². The molecule has 150 valence electrons. The smallest absolute Gasteiger partial charge is 0.208 e. The first-order valence-corrected chi connectivity index (χ1v) is 10.8. The molecule has 0 saturated heterocycles. The first-order chi connectivity index (χ1) is 14.4. The molecule has 3 aromatic carbocycles. The Kier molecular flexibility index (Phi) is 5.10. The van der Waals surface area contributed by atoms with Gasteiger partial charge in [0, 0.05) is 17.1 Å². The molecule has 0 bridgehead atoms. The number of rotatable bonds is 5. The fourth-order valence-electron chi connectivity index (χ4n) is 3.30. The highest BCUT2D eigenvalue weighted by Crippen LogP contribution is 2.32. The lowest BCUT2D eigenvalue weighted by Crippen LogP contribution is -2.12. The van der Waals surface area contributed by atoms with E-state index >= 15 is 0 Å². The van der Waals surface area contributed by atoms with Gasteiger partial charge in [-0.05, 0) is 49.4 Å². The quantitative estimate of drug-likeness (QED) is 0.443. The number of ether oxygens (including phenoxy) is 1. The van der Waals surface area contributed by atoms with Crippen LogP contribution in [0.4, 0.5) is 0 Å². The molecular weight excluding hydrogens is 398 g/mol. The maximum atomic E-state index is 13.6. The summed E-state index contributed by atoms with van der Waals surface area (Å²) in [5.41, 5.74) is 1.85. The van der Waals surface area contributed by atoms with Crippen molar-refractivity contribution < 1.29 is 17.9 Å². The van der Waals surface area contributed by atoms with E-state index in [1.807, 2.05) is 6.92 Å². The van der Waals surface area contributed by atoms with E-state index in [2.05, 4.69) is 4.98 Å². The standard InChI is InChI=1S/C24H19NO4S/c1-16-7-13-19(14-8-16)30(27,28)24-20-5-3-4-6-22(20)25-15-21(24)23(26)17-9-11-18(29-2)12-10-17/h3-15H,1-2H3. The molecule has 0 N–H and O–H groups in total. The number of para-hydroxylation sites is 1. The average molecular weight is 417 g/mol. The van der Waals surface area contributed by atoms with Crippen molar-refractivity contribution >= 4 is 26.5 Å². The normalized spacial score (nSPS) is 11.4. The predicted molar refractivity (Wildman–Crippen MR) is 115 cm³/mol. The maximum Gasteiger partial charge on any atom is 0.208 e. The van der Waals surface area contributed by atoms with Gasteiger partial charge in [-0.1, -0.05) is 35.9 Å². The highest BCUT2D eigenvalue weighted by atomic mass is 32.2. The van der Waals surface area contributed by atoms with Gasteiger partial charge in [0.2, 0.25) is 9.84 Å². The molecule has 0 radical (unpaired) electrons. The molecule has 0 aliphatic carbocycles. The Morgan fingerprint density at radius 1 is 0.900 bits per heavy atom. The van der Waals surface area contributed by atoms with Crippen molar-refractivity contribution in [3.8, 4) is 5.75 Å². The third-order valence-electron chi connectivity index (χ3n) is 4.92. The number of sulfone groups is 1. The second-order valence-corrected chi connectivity index (χ2v) is 8.78. The summed E-state index contributed by atoms with van der Waals surface area (Å²) in [5, 5.41) is 0.414. The van der Waals surface area contributed by atoms with Crippen LogP contribution in [-0.2, 0) is 9.84 Å². The highest BCUT2D eigenvalue weighted by Gasteiger charge is 2.28. The molecule has 0 spiro atoms. The van der Waals surface area contributed by atoms with Crippen LogP contribution in [0.1, 0.15) is 21.5 Å². The van der Waals surface area contributed by atoms with E-state index in [1.54, 1.807) is 72.8 Å². The molecule has 5 nitrogen and oxygen atoms in total. The van der Waals surface area contributed by atoms with Gasteiger partial charge >= 0.3 is 0 Å². The van der Waals surface area contributed by atoms with Crippen LogP contribution >= 0.6 is 0 Å². The average Bonchev–Trinajstić information content (AvgIpc) is 2.78. The van der Waals surface area contributed by atoms with E-state index in [4.69, 9.17) is 4.74 Å². The van der Waals surface area contributed by atoms with Crippen molar-refractivity contribution in [3.05, 3.63) is 95.7 Å². The van der Waals surface area contributed by atoms with Gasteiger partial charge < -0.3 is 4.74 Å². The molecule has 0 atom stereocenters. The fraction of sp³-hybridized carbons (Fsp3) is 0.0833. The summed E-state index contributed by atoms with van der Waals surface area (Å²) in [6, 6.07) is 20.1. The number of benzene rings is 3. The summed E-state index contributed by atoms with van der Waals surface area (Å²) in [6.07, 6.45) is 1.34. The monoisotopic (exact) mass is 417 g/mol. The number of hydrogen-bond donors (Lipinski definition) is 0. The van der Waals surface area contributed by atoms with E-state index in [1.165, 1.54) is 13.3 Å². The summed E-state index contributed by atoms with van der Waals surface area (Å²) in [4.78, 5) is 17.7. The molecule has 6 heteroatoms. The number of hydrogen-bond acceptors (Lipinski definition) is 5. The lowest BCUT2D eigenvalue weighted by atomic mass is 10.0. The van der Waals surface area contributed by atoms with Gasteiger partial charge in [0.1, 0.15) is 5.75 Å². The summed E-state index contributed by atoms with van der Waals surface area (Å²) in [6.45, 7) is 1.89. The molecule has 4 aromatic rings. The molecule has 0 saturated carbocycles. The number of ketones is 1. The number of fused-ring (bicyclic) bond motifs is 1. The van der Waals surface area contributed by atoms with Gasteiger partial charge in [0.25, 0.3) is 0 Å². The van der Waals surface area contributed by atoms with E-state index in [0.29, 0.717) is 22.2 Å². The van der Waals surface area contributed by atoms with E-state index in [9.17, 15) is 13.2 Å². The van der Waals surface area contributed by atoms with Gasteiger partial charge in [0.15, 0.2) is 5.78 Å². The molecule has 1 heterocycles. The molecular formula is C24H19NO4S. The van der Waals surface area contributed by atoms with Gasteiger partial charge in [-0.25, -0.2) is 8.42 Å². The van der Waals surface area contributed by atoms with E-state index < -0.39 is 15.6 Å². The van der Waals surface area contributed by atoms with Crippen LogP contribution in [0.3, 0.4) is 0 Å². The van der Waals surface area contributed by atoms with Crippen molar-refractivity contribution in [3.63, 3.8) is 0 Å². The minimum atomic E-state index is -3.96. The Morgan fingerprint density at radius 2 is 1.57 bits per heavy atom. The summed E-state index contributed by atoms with van der Waals surface area (Å²) in [5.74, 6) is 0.192. The van der Waals surface area contributed by atoms with Crippen molar-refractivity contribution in [1.82, 2.24) is 4.98 Å². The zero-order chi connectivity index (χ0) is 21.3. The molecule has 1 aromatic heterocycles. The highest BCUT2D eigenvalue weighted by molar-refractivity contribution is 7.91. The lowest BCUT2D eigenvalue weighted by molar-refractivity contribution is 0.103. The molecule has 0 aliphatic rings. The number of nitrogens with zero attached hydrogens (tertiary/aromatic N) is 1.